The average molecular weight is 531 g/mol. The van der Waals surface area contributed by atoms with E-state index in [-0.39, 0.29) is 6.42 Å². The van der Waals surface area contributed by atoms with Gasteiger partial charge in [-0.3, -0.25) is 19.3 Å². The lowest BCUT2D eigenvalue weighted by Gasteiger charge is -2.34. The first-order valence-corrected chi connectivity index (χ1v) is 12.7. The van der Waals surface area contributed by atoms with Crippen LogP contribution in [0.2, 0.25) is 5.02 Å². The lowest BCUT2D eigenvalue weighted by Crippen LogP contribution is -2.51. The molecule has 0 radical (unpaired) electrons. The maximum atomic E-state index is 14.6. The van der Waals surface area contributed by atoms with Crippen LogP contribution in [0, 0.1) is 12.8 Å². The quantitative estimate of drug-likeness (QED) is 0.400. The van der Waals surface area contributed by atoms with Gasteiger partial charge in [0.15, 0.2) is 0 Å². The largest absolute Gasteiger partial charge is 0.443 e. The van der Waals surface area contributed by atoms with Gasteiger partial charge in [-0.25, -0.2) is 9.69 Å². The first-order chi connectivity index (χ1) is 17.9. The van der Waals surface area contributed by atoms with Crippen molar-refractivity contribution in [3.8, 4) is 0 Å². The van der Waals surface area contributed by atoms with E-state index in [0.717, 1.165) is 15.4 Å². The van der Waals surface area contributed by atoms with Crippen LogP contribution in [0.5, 0.6) is 0 Å². The SMILES string of the molecule is Cc1ccc2c(c1)[C@](c1ccccc1)([C@@H]1CC(=O)N(c3ccc(Cl)cc3)C1=O)C(=O)N2C(=O)OC(C)(C)C. The topological polar surface area (TPSA) is 84.0 Å². The van der Waals surface area contributed by atoms with Crippen molar-refractivity contribution in [1.82, 2.24) is 0 Å². The van der Waals surface area contributed by atoms with Gasteiger partial charge in [0.25, 0.3) is 5.91 Å². The Balaban J connectivity index is 1.73. The van der Waals surface area contributed by atoms with E-state index in [2.05, 4.69) is 0 Å². The molecule has 2 aliphatic rings. The van der Waals surface area contributed by atoms with Gasteiger partial charge < -0.3 is 4.74 Å². The second-order valence-corrected chi connectivity index (χ2v) is 11.1. The molecule has 2 aliphatic heterocycles. The lowest BCUT2D eigenvalue weighted by atomic mass is 9.65. The highest BCUT2D eigenvalue weighted by Gasteiger charge is 2.64. The molecule has 8 heteroatoms. The second kappa shape index (κ2) is 9.10. The summed E-state index contributed by atoms with van der Waals surface area (Å²) in [5.74, 6) is -2.67. The number of imide groups is 2. The number of rotatable bonds is 3. The second-order valence-electron chi connectivity index (χ2n) is 10.6. The number of fused-ring (bicyclic) bond motifs is 1. The van der Waals surface area contributed by atoms with Gasteiger partial charge >= 0.3 is 6.09 Å². The molecule has 2 atom stereocenters. The number of amides is 4. The van der Waals surface area contributed by atoms with Crippen LogP contribution in [0.3, 0.4) is 0 Å². The first-order valence-electron chi connectivity index (χ1n) is 12.3. The van der Waals surface area contributed by atoms with Crippen LogP contribution in [0.15, 0.2) is 72.8 Å². The van der Waals surface area contributed by atoms with Gasteiger partial charge in [-0.05, 0) is 69.2 Å². The lowest BCUT2D eigenvalue weighted by molar-refractivity contribution is -0.130. The molecular weight excluding hydrogens is 504 g/mol. The van der Waals surface area contributed by atoms with E-state index in [9.17, 15) is 19.2 Å². The van der Waals surface area contributed by atoms with Gasteiger partial charge in [-0.1, -0.05) is 59.6 Å². The molecule has 0 N–H and O–H groups in total. The molecule has 7 nitrogen and oxygen atoms in total. The summed E-state index contributed by atoms with van der Waals surface area (Å²) in [5.41, 5.74) is 0.0841. The van der Waals surface area contributed by atoms with E-state index >= 15 is 0 Å². The monoisotopic (exact) mass is 530 g/mol. The normalized spacial score (nSPS) is 21.2. The van der Waals surface area contributed by atoms with Crippen LogP contribution in [-0.2, 0) is 24.5 Å². The van der Waals surface area contributed by atoms with Crippen LogP contribution < -0.4 is 9.80 Å². The Kier molecular flexibility index (Phi) is 6.15. The number of hydrogen-bond donors (Lipinski definition) is 0. The molecule has 2 heterocycles. The molecule has 1 fully saturated rings. The van der Waals surface area contributed by atoms with E-state index in [0.29, 0.717) is 27.5 Å². The van der Waals surface area contributed by atoms with Gasteiger partial charge in [-0.2, -0.15) is 0 Å². The Labute approximate surface area is 225 Å². The van der Waals surface area contributed by atoms with Crippen molar-refractivity contribution in [2.24, 2.45) is 5.92 Å². The van der Waals surface area contributed by atoms with Crippen molar-refractivity contribution in [2.45, 2.75) is 45.1 Å². The summed E-state index contributed by atoms with van der Waals surface area (Å²) in [6.45, 7) is 7.03. The molecule has 4 amide bonds. The third-order valence-electron chi connectivity index (χ3n) is 6.92. The van der Waals surface area contributed by atoms with Crippen molar-refractivity contribution in [3.05, 3.63) is 94.5 Å². The Morgan fingerprint density at radius 2 is 1.63 bits per heavy atom. The minimum absolute atomic E-state index is 0.211. The van der Waals surface area contributed by atoms with E-state index in [1.165, 1.54) is 0 Å². The fraction of sp³-hybridized carbons (Fsp3) is 0.267. The molecule has 0 aliphatic carbocycles. The number of carbonyl (C=O) groups excluding carboxylic acids is 4. The highest BCUT2D eigenvalue weighted by Crippen LogP contribution is 2.54. The molecule has 3 aromatic carbocycles. The van der Waals surface area contributed by atoms with Crippen LogP contribution in [0.4, 0.5) is 16.2 Å². The fourth-order valence-corrected chi connectivity index (χ4v) is 5.53. The number of anilines is 2. The Morgan fingerprint density at radius 3 is 2.26 bits per heavy atom. The van der Waals surface area contributed by atoms with Crippen molar-refractivity contribution >= 4 is 46.8 Å². The van der Waals surface area contributed by atoms with Gasteiger partial charge in [0.2, 0.25) is 11.8 Å². The highest BCUT2D eigenvalue weighted by molar-refractivity contribution is 6.31. The summed E-state index contributed by atoms with van der Waals surface area (Å²) < 4.78 is 5.61. The molecule has 1 saturated heterocycles. The van der Waals surface area contributed by atoms with E-state index in [1.54, 1.807) is 87.5 Å². The van der Waals surface area contributed by atoms with Crippen LogP contribution in [0.1, 0.15) is 43.9 Å². The van der Waals surface area contributed by atoms with Crippen molar-refractivity contribution in [1.29, 1.82) is 0 Å². The Bertz CT molecular complexity index is 1460. The molecule has 0 aromatic heterocycles. The highest BCUT2D eigenvalue weighted by atomic mass is 35.5. The Morgan fingerprint density at radius 1 is 0.974 bits per heavy atom. The van der Waals surface area contributed by atoms with Crippen molar-refractivity contribution in [3.63, 3.8) is 0 Å². The molecule has 0 saturated carbocycles. The maximum Gasteiger partial charge on any atom is 0.421 e. The molecule has 0 spiro atoms. The number of aryl methyl sites for hydroxylation is 1. The van der Waals surface area contributed by atoms with Crippen LogP contribution in [0.25, 0.3) is 0 Å². The smallest absolute Gasteiger partial charge is 0.421 e. The van der Waals surface area contributed by atoms with Crippen molar-refractivity contribution in [2.75, 3.05) is 9.80 Å². The first kappa shape index (κ1) is 25.7. The summed E-state index contributed by atoms with van der Waals surface area (Å²) in [6, 6.07) is 20.5. The van der Waals surface area contributed by atoms with E-state index in [4.69, 9.17) is 16.3 Å². The summed E-state index contributed by atoms with van der Waals surface area (Å²) in [4.78, 5) is 57.6. The Hall–Kier alpha value is -3.97. The number of ether oxygens (including phenoxy) is 1. The minimum Gasteiger partial charge on any atom is -0.443 e. The molecule has 194 valence electrons. The number of benzene rings is 3. The number of hydrogen-bond acceptors (Lipinski definition) is 5. The summed E-state index contributed by atoms with van der Waals surface area (Å²) in [5, 5.41) is 0.466. The summed E-state index contributed by atoms with van der Waals surface area (Å²) in [6.07, 6.45) is -1.05. The third-order valence-corrected chi connectivity index (χ3v) is 7.17. The fourth-order valence-electron chi connectivity index (χ4n) is 5.40. The van der Waals surface area contributed by atoms with E-state index < -0.39 is 40.7 Å². The maximum absolute atomic E-state index is 14.6. The van der Waals surface area contributed by atoms with Crippen molar-refractivity contribution < 1.29 is 23.9 Å². The number of halogens is 1. The number of carbonyl (C=O) groups is 4. The zero-order chi connectivity index (χ0) is 27.4. The summed E-state index contributed by atoms with van der Waals surface area (Å²) in [7, 11) is 0. The van der Waals surface area contributed by atoms with Gasteiger partial charge in [0.1, 0.15) is 11.0 Å². The van der Waals surface area contributed by atoms with E-state index in [1.807, 2.05) is 13.0 Å². The standard InChI is InChI=1S/C30H27ClN2O5/c1-18-10-15-24-22(16-18)30(19-8-6-5-7-9-19,27(36)33(24)28(37)38-29(2,3)4)23-17-25(34)32(26(23)35)21-13-11-20(31)12-14-21/h5-16,23H,17H2,1-4H3/t23-,30-/m1/s1. The van der Waals surface area contributed by atoms with Crippen LogP contribution in [-0.4, -0.2) is 29.4 Å². The zero-order valence-corrected chi connectivity index (χ0v) is 22.3. The molecular formula is C30H27ClN2O5. The zero-order valence-electron chi connectivity index (χ0n) is 21.5. The predicted octanol–water partition coefficient (Wildman–Crippen LogP) is 5.80. The van der Waals surface area contributed by atoms with Crippen LogP contribution >= 0.6 is 11.6 Å². The molecule has 0 bridgehead atoms. The predicted molar refractivity (Wildman–Crippen MR) is 144 cm³/mol. The third kappa shape index (κ3) is 3.98. The number of nitrogens with zero attached hydrogens (tertiary/aromatic N) is 2. The van der Waals surface area contributed by atoms with Gasteiger partial charge in [-0.15, -0.1) is 0 Å². The molecule has 5 rings (SSSR count). The molecule has 0 unspecified atom stereocenters. The summed E-state index contributed by atoms with van der Waals surface area (Å²) >= 11 is 6.02. The molecule has 3 aromatic rings. The van der Waals surface area contributed by atoms with Gasteiger partial charge in [0.05, 0.1) is 17.3 Å². The average Bonchev–Trinajstić information content (AvgIpc) is 3.29. The van der Waals surface area contributed by atoms with Gasteiger partial charge in [0, 0.05) is 11.4 Å². The molecule has 38 heavy (non-hydrogen) atoms. The minimum atomic E-state index is -1.62.